The molecule has 0 aliphatic heterocycles. The van der Waals surface area contributed by atoms with Gasteiger partial charge in [0.25, 0.3) is 5.91 Å². The number of rotatable bonds is 6. The fourth-order valence-electron chi connectivity index (χ4n) is 1.26. The Morgan fingerprint density at radius 1 is 1.47 bits per heavy atom. The lowest BCUT2D eigenvalue weighted by molar-refractivity contribution is -0.122. The second-order valence-electron chi connectivity index (χ2n) is 3.81. The lowest BCUT2D eigenvalue weighted by Crippen LogP contribution is -2.45. The maximum atomic E-state index is 11.8. The summed E-state index contributed by atoms with van der Waals surface area (Å²) in [5.74, 6) is -0.665. The molecule has 1 rings (SSSR count). The van der Waals surface area contributed by atoms with E-state index in [-0.39, 0.29) is 17.4 Å². The Labute approximate surface area is 110 Å². The fraction of sp³-hybridized carbons (Fsp3) is 0.455. The normalized spacial score (nSPS) is 11.7. The highest BCUT2D eigenvalue weighted by atomic mass is 16.5. The first-order valence-corrected chi connectivity index (χ1v) is 5.69. The Morgan fingerprint density at radius 2 is 2.21 bits per heavy atom. The molecule has 0 radical (unpaired) electrons. The number of amides is 2. The standard InChI is InChI=1S/C11H17N5O3/c1-7(10(17)14-3-4-19-2)15-11(18)8-5-13-6-9(12)16-8/h5-7H,3-4H2,1-2H3,(H2,12,16)(H,14,17)(H,15,18). The minimum Gasteiger partial charge on any atom is -0.383 e. The van der Waals surface area contributed by atoms with Crippen LogP contribution in [0.5, 0.6) is 0 Å². The maximum Gasteiger partial charge on any atom is 0.272 e. The molecular weight excluding hydrogens is 250 g/mol. The second kappa shape index (κ2) is 7.27. The first-order chi connectivity index (χ1) is 9.04. The summed E-state index contributed by atoms with van der Waals surface area (Å²) in [5.41, 5.74) is 5.49. The zero-order valence-corrected chi connectivity index (χ0v) is 10.8. The zero-order chi connectivity index (χ0) is 14.3. The van der Waals surface area contributed by atoms with Crippen molar-refractivity contribution >= 4 is 17.6 Å². The molecular formula is C11H17N5O3. The van der Waals surface area contributed by atoms with Crippen LogP contribution in [0.2, 0.25) is 0 Å². The molecule has 0 aliphatic carbocycles. The third-order valence-electron chi connectivity index (χ3n) is 2.23. The van der Waals surface area contributed by atoms with Gasteiger partial charge in [-0.1, -0.05) is 0 Å². The van der Waals surface area contributed by atoms with Gasteiger partial charge < -0.3 is 21.1 Å². The van der Waals surface area contributed by atoms with Gasteiger partial charge >= 0.3 is 0 Å². The van der Waals surface area contributed by atoms with E-state index in [1.54, 1.807) is 6.92 Å². The molecule has 8 nitrogen and oxygen atoms in total. The van der Waals surface area contributed by atoms with Gasteiger partial charge in [-0.2, -0.15) is 0 Å². The summed E-state index contributed by atoms with van der Waals surface area (Å²) in [4.78, 5) is 30.9. The van der Waals surface area contributed by atoms with Crippen LogP contribution in [0.1, 0.15) is 17.4 Å². The molecule has 0 spiro atoms. The van der Waals surface area contributed by atoms with Crippen LogP contribution in [-0.4, -0.2) is 48.1 Å². The largest absolute Gasteiger partial charge is 0.383 e. The molecule has 4 N–H and O–H groups in total. The van der Waals surface area contributed by atoms with Crippen LogP contribution < -0.4 is 16.4 Å². The third-order valence-corrected chi connectivity index (χ3v) is 2.23. The smallest absolute Gasteiger partial charge is 0.272 e. The van der Waals surface area contributed by atoms with E-state index in [1.807, 2.05) is 0 Å². The van der Waals surface area contributed by atoms with E-state index in [0.29, 0.717) is 13.2 Å². The molecule has 19 heavy (non-hydrogen) atoms. The number of ether oxygens (including phenoxy) is 1. The minimum absolute atomic E-state index is 0.0662. The zero-order valence-electron chi connectivity index (χ0n) is 10.8. The molecule has 1 aromatic heterocycles. The number of hydrogen-bond donors (Lipinski definition) is 3. The molecule has 8 heteroatoms. The summed E-state index contributed by atoms with van der Waals surface area (Å²) < 4.78 is 4.80. The van der Waals surface area contributed by atoms with Gasteiger partial charge in [-0.15, -0.1) is 0 Å². The number of nitrogen functional groups attached to an aromatic ring is 1. The van der Waals surface area contributed by atoms with E-state index >= 15 is 0 Å². The Kier molecular flexibility index (Phi) is 5.68. The number of carbonyl (C=O) groups is 2. The van der Waals surface area contributed by atoms with Gasteiger partial charge in [0.2, 0.25) is 5.91 Å². The van der Waals surface area contributed by atoms with E-state index in [2.05, 4.69) is 20.6 Å². The topological polar surface area (TPSA) is 119 Å². The molecule has 2 amide bonds. The van der Waals surface area contributed by atoms with Gasteiger partial charge in [-0.25, -0.2) is 4.98 Å². The number of nitrogens with zero attached hydrogens (tertiary/aromatic N) is 2. The number of nitrogens with two attached hydrogens (primary N) is 1. The molecule has 0 bridgehead atoms. The summed E-state index contributed by atoms with van der Waals surface area (Å²) in [5, 5.41) is 5.11. The Balaban J connectivity index is 2.49. The van der Waals surface area contributed by atoms with E-state index in [4.69, 9.17) is 10.5 Å². The molecule has 1 atom stereocenters. The van der Waals surface area contributed by atoms with Gasteiger partial charge in [-0.05, 0) is 6.92 Å². The SMILES string of the molecule is COCCNC(=O)C(C)NC(=O)c1cncc(N)n1. The molecule has 1 aromatic rings. The van der Waals surface area contributed by atoms with E-state index < -0.39 is 11.9 Å². The minimum atomic E-state index is -0.687. The summed E-state index contributed by atoms with van der Waals surface area (Å²) in [6.45, 7) is 2.36. The van der Waals surface area contributed by atoms with Crippen molar-refractivity contribution in [1.29, 1.82) is 0 Å². The lowest BCUT2D eigenvalue weighted by atomic mass is 10.3. The van der Waals surface area contributed by atoms with Gasteiger partial charge in [-0.3, -0.25) is 14.6 Å². The number of carbonyl (C=O) groups excluding carboxylic acids is 2. The van der Waals surface area contributed by atoms with Gasteiger partial charge in [0.15, 0.2) is 0 Å². The second-order valence-corrected chi connectivity index (χ2v) is 3.81. The van der Waals surface area contributed by atoms with Crippen LogP contribution in [0, 0.1) is 0 Å². The quantitative estimate of drug-likeness (QED) is 0.565. The van der Waals surface area contributed by atoms with Crippen molar-refractivity contribution < 1.29 is 14.3 Å². The number of anilines is 1. The lowest BCUT2D eigenvalue weighted by Gasteiger charge is -2.13. The van der Waals surface area contributed by atoms with Crippen molar-refractivity contribution in [3.05, 3.63) is 18.1 Å². The molecule has 1 heterocycles. The molecule has 104 valence electrons. The van der Waals surface area contributed by atoms with Crippen LogP contribution in [0.25, 0.3) is 0 Å². The van der Waals surface area contributed by atoms with Crippen molar-refractivity contribution in [2.45, 2.75) is 13.0 Å². The maximum absolute atomic E-state index is 11.8. The van der Waals surface area contributed by atoms with Crippen molar-refractivity contribution in [3.8, 4) is 0 Å². The molecule has 0 saturated carbocycles. The average molecular weight is 267 g/mol. The Morgan fingerprint density at radius 3 is 2.84 bits per heavy atom. The van der Waals surface area contributed by atoms with Crippen molar-refractivity contribution in [1.82, 2.24) is 20.6 Å². The van der Waals surface area contributed by atoms with Crippen LogP contribution in [0.15, 0.2) is 12.4 Å². The third kappa shape index (κ3) is 4.88. The predicted octanol–water partition coefficient (Wildman–Crippen LogP) is -1.06. The molecule has 1 unspecified atom stereocenters. The van der Waals surface area contributed by atoms with Crippen molar-refractivity contribution in [3.63, 3.8) is 0 Å². The fourth-order valence-corrected chi connectivity index (χ4v) is 1.26. The van der Waals surface area contributed by atoms with E-state index in [9.17, 15) is 9.59 Å². The van der Waals surface area contributed by atoms with Crippen LogP contribution in [0.3, 0.4) is 0 Å². The van der Waals surface area contributed by atoms with Gasteiger partial charge in [0.05, 0.1) is 19.0 Å². The summed E-state index contributed by atoms with van der Waals surface area (Å²) in [6, 6.07) is -0.687. The predicted molar refractivity (Wildman–Crippen MR) is 68.3 cm³/mol. The molecule has 0 saturated heterocycles. The van der Waals surface area contributed by atoms with Gasteiger partial charge in [0.1, 0.15) is 17.6 Å². The Bertz CT molecular complexity index is 452. The highest BCUT2D eigenvalue weighted by Gasteiger charge is 2.17. The highest BCUT2D eigenvalue weighted by Crippen LogP contribution is 1.97. The first-order valence-electron chi connectivity index (χ1n) is 5.69. The van der Waals surface area contributed by atoms with Crippen LogP contribution in [0.4, 0.5) is 5.82 Å². The van der Waals surface area contributed by atoms with Gasteiger partial charge in [0, 0.05) is 13.7 Å². The van der Waals surface area contributed by atoms with Crippen LogP contribution in [-0.2, 0) is 9.53 Å². The highest BCUT2D eigenvalue weighted by molar-refractivity contribution is 5.95. The summed E-state index contributed by atoms with van der Waals surface area (Å²) in [6.07, 6.45) is 2.61. The molecule has 0 fully saturated rings. The number of methoxy groups -OCH3 is 1. The number of nitrogens with one attached hydrogen (secondary N) is 2. The number of hydrogen-bond acceptors (Lipinski definition) is 6. The van der Waals surface area contributed by atoms with E-state index in [0.717, 1.165) is 0 Å². The number of aromatic nitrogens is 2. The van der Waals surface area contributed by atoms with Crippen molar-refractivity contribution in [2.24, 2.45) is 0 Å². The van der Waals surface area contributed by atoms with Crippen molar-refractivity contribution in [2.75, 3.05) is 26.0 Å². The molecule has 0 aliphatic rings. The first kappa shape index (κ1) is 14.8. The summed E-state index contributed by atoms with van der Waals surface area (Å²) in [7, 11) is 1.54. The molecule has 0 aromatic carbocycles. The van der Waals surface area contributed by atoms with Crippen LogP contribution >= 0.6 is 0 Å². The Hall–Kier alpha value is -2.22. The van der Waals surface area contributed by atoms with E-state index in [1.165, 1.54) is 19.5 Å². The average Bonchev–Trinajstić information content (AvgIpc) is 2.38. The summed E-state index contributed by atoms with van der Waals surface area (Å²) >= 11 is 0. The monoisotopic (exact) mass is 267 g/mol.